The maximum Gasteiger partial charge on any atom is 0.280 e. The molecular formula is C16H17N5O3. The highest BCUT2D eigenvalue weighted by atomic mass is 16.5. The highest BCUT2D eigenvalue weighted by Gasteiger charge is 2.36. The third-order valence-electron chi connectivity index (χ3n) is 4.43. The van der Waals surface area contributed by atoms with E-state index in [1.54, 1.807) is 9.58 Å². The number of carbonyl (C=O) groups excluding carboxylic acids is 1. The van der Waals surface area contributed by atoms with Crippen molar-refractivity contribution >= 4 is 16.9 Å². The first-order chi connectivity index (χ1) is 11.6. The molecule has 8 nitrogen and oxygen atoms in total. The predicted molar refractivity (Wildman–Crippen MR) is 85.3 cm³/mol. The van der Waals surface area contributed by atoms with Crippen molar-refractivity contribution in [3.05, 3.63) is 46.4 Å². The Balaban J connectivity index is 1.39. The van der Waals surface area contributed by atoms with Gasteiger partial charge in [-0.1, -0.05) is 24.3 Å². The highest BCUT2D eigenvalue weighted by molar-refractivity contribution is 5.80. The van der Waals surface area contributed by atoms with E-state index in [9.17, 15) is 9.59 Å². The fourth-order valence-electron chi connectivity index (χ4n) is 3.04. The maximum atomic E-state index is 12.5. The fraction of sp³-hybridized carbons (Fsp3) is 0.375. The number of hydrogen-bond acceptors (Lipinski definition) is 5. The summed E-state index contributed by atoms with van der Waals surface area (Å²) < 4.78 is 6.86. The van der Waals surface area contributed by atoms with Crippen LogP contribution in [0.15, 0.2) is 39.6 Å². The van der Waals surface area contributed by atoms with Crippen molar-refractivity contribution in [3.63, 3.8) is 0 Å². The molecule has 1 amide bonds. The van der Waals surface area contributed by atoms with Crippen LogP contribution in [0.2, 0.25) is 0 Å². The molecule has 2 aromatic heterocycles. The van der Waals surface area contributed by atoms with E-state index in [2.05, 4.69) is 15.5 Å². The molecule has 1 aromatic carbocycles. The molecule has 3 aromatic rings. The first-order valence-corrected chi connectivity index (χ1v) is 7.87. The van der Waals surface area contributed by atoms with Crippen LogP contribution in [0.4, 0.5) is 0 Å². The van der Waals surface area contributed by atoms with E-state index in [1.165, 1.54) is 6.07 Å². The summed E-state index contributed by atoms with van der Waals surface area (Å²) in [6.07, 6.45) is 0. The average Bonchev–Trinajstić information content (AvgIpc) is 3.13. The second-order valence-electron chi connectivity index (χ2n) is 6.22. The number of rotatable bonds is 4. The topological polar surface area (TPSA) is 97.0 Å². The molecule has 1 atom stereocenters. The Hall–Kier alpha value is -2.90. The van der Waals surface area contributed by atoms with Gasteiger partial charge < -0.3 is 9.42 Å². The first kappa shape index (κ1) is 14.7. The van der Waals surface area contributed by atoms with Crippen molar-refractivity contribution < 1.29 is 9.32 Å². The number of hydrogen-bond donors (Lipinski definition) is 1. The van der Waals surface area contributed by atoms with Gasteiger partial charge in [-0.05, 0) is 12.1 Å². The van der Waals surface area contributed by atoms with Crippen LogP contribution in [0.1, 0.15) is 18.6 Å². The summed E-state index contributed by atoms with van der Waals surface area (Å²) >= 11 is 0. The van der Waals surface area contributed by atoms with Crippen LogP contribution >= 0.6 is 0 Å². The minimum absolute atomic E-state index is 0.0729. The van der Waals surface area contributed by atoms with Gasteiger partial charge in [0.25, 0.3) is 5.56 Å². The molecule has 3 heterocycles. The summed E-state index contributed by atoms with van der Waals surface area (Å²) in [7, 11) is 0. The van der Waals surface area contributed by atoms with Crippen LogP contribution in [-0.2, 0) is 11.3 Å². The van der Waals surface area contributed by atoms with E-state index in [-0.39, 0.29) is 23.3 Å². The Bertz CT molecular complexity index is 934. The number of amides is 1. The standard InChI is InChI=1S/C16H17N5O3/c1-10(7-21-13-5-3-2-4-12(13)17-19-21)16(23)20-8-11(9-20)14-6-15(22)18-24-14/h2-6,10-11H,7-9H2,1H3,(H,18,22). The van der Waals surface area contributed by atoms with Gasteiger partial charge in [0.15, 0.2) is 0 Å². The summed E-state index contributed by atoms with van der Waals surface area (Å²) in [5, 5.41) is 10.5. The first-order valence-electron chi connectivity index (χ1n) is 7.87. The number of benzene rings is 1. The van der Waals surface area contributed by atoms with Crippen molar-refractivity contribution in [1.29, 1.82) is 0 Å². The molecule has 0 spiro atoms. The van der Waals surface area contributed by atoms with Gasteiger partial charge in [-0.15, -0.1) is 5.10 Å². The molecule has 0 saturated carbocycles. The van der Waals surface area contributed by atoms with Crippen molar-refractivity contribution in [2.75, 3.05) is 13.1 Å². The van der Waals surface area contributed by atoms with Crippen LogP contribution in [0.3, 0.4) is 0 Å². The number of fused-ring (bicyclic) bond motifs is 1. The Labute approximate surface area is 137 Å². The van der Waals surface area contributed by atoms with E-state index in [1.807, 2.05) is 31.2 Å². The molecule has 0 bridgehead atoms. The van der Waals surface area contributed by atoms with Crippen molar-refractivity contribution in [2.45, 2.75) is 19.4 Å². The molecular weight excluding hydrogens is 310 g/mol. The monoisotopic (exact) mass is 327 g/mol. The zero-order valence-corrected chi connectivity index (χ0v) is 13.2. The Kier molecular flexibility index (Phi) is 3.44. The van der Waals surface area contributed by atoms with E-state index in [0.29, 0.717) is 25.4 Å². The SMILES string of the molecule is CC(Cn1nnc2ccccc21)C(=O)N1CC(c2cc(=O)[nH]o2)C1. The zero-order chi connectivity index (χ0) is 16.7. The van der Waals surface area contributed by atoms with E-state index < -0.39 is 0 Å². The van der Waals surface area contributed by atoms with Gasteiger partial charge in [-0.3, -0.25) is 9.59 Å². The number of H-pyrrole nitrogens is 1. The normalized spacial score (nSPS) is 16.3. The van der Waals surface area contributed by atoms with Gasteiger partial charge in [-0.25, -0.2) is 4.68 Å². The number of carbonyl (C=O) groups is 1. The molecule has 1 saturated heterocycles. The lowest BCUT2D eigenvalue weighted by molar-refractivity contribution is -0.140. The summed E-state index contributed by atoms with van der Waals surface area (Å²) in [4.78, 5) is 25.4. The lowest BCUT2D eigenvalue weighted by atomic mass is 9.95. The van der Waals surface area contributed by atoms with Crippen LogP contribution in [0.25, 0.3) is 11.0 Å². The molecule has 124 valence electrons. The quantitative estimate of drug-likeness (QED) is 0.770. The maximum absolute atomic E-state index is 12.5. The third kappa shape index (κ3) is 2.49. The minimum Gasteiger partial charge on any atom is -0.383 e. The van der Waals surface area contributed by atoms with Gasteiger partial charge in [0.2, 0.25) is 5.91 Å². The van der Waals surface area contributed by atoms with E-state index >= 15 is 0 Å². The Morgan fingerprint density at radius 3 is 2.96 bits per heavy atom. The molecule has 4 rings (SSSR count). The van der Waals surface area contributed by atoms with Crippen molar-refractivity contribution in [2.24, 2.45) is 5.92 Å². The Morgan fingerprint density at radius 2 is 2.21 bits per heavy atom. The number of nitrogens with zero attached hydrogens (tertiary/aromatic N) is 4. The van der Waals surface area contributed by atoms with Gasteiger partial charge in [0.1, 0.15) is 11.3 Å². The second-order valence-corrected chi connectivity index (χ2v) is 6.22. The number of likely N-dealkylation sites (tertiary alicyclic amines) is 1. The minimum atomic E-state index is -0.249. The number of para-hydroxylation sites is 1. The lowest BCUT2D eigenvalue weighted by Crippen LogP contribution is -2.50. The summed E-state index contributed by atoms with van der Waals surface area (Å²) in [5.41, 5.74) is 1.50. The third-order valence-corrected chi connectivity index (χ3v) is 4.43. The molecule has 24 heavy (non-hydrogen) atoms. The van der Waals surface area contributed by atoms with Crippen LogP contribution in [0, 0.1) is 5.92 Å². The Morgan fingerprint density at radius 1 is 1.42 bits per heavy atom. The summed E-state index contributed by atoms with van der Waals surface area (Å²) in [5.74, 6) is 0.573. The molecule has 1 aliphatic rings. The highest BCUT2D eigenvalue weighted by Crippen LogP contribution is 2.27. The molecule has 0 radical (unpaired) electrons. The molecule has 1 aliphatic heterocycles. The lowest BCUT2D eigenvalue weighted by Gasteiger charge is -2.39. The van der Waals surface area contributed by atoms with E-state index in [4.69, 9.17) is 4.52 Å². The van der Waals surface area contributed by atoms with Crippen LogP contribution < -0.4 is 5.56 Å². The number of aromatic nitrogens is 4. The van der Waals surface area contributed by atoms with Crippen LogP contribution in [-0.4, -0.2) is 44.0 Å². The average molecular weight is 327 g/mol. The summed E-state index contributed by atoms with van der Waals surface area (Å²) in [6, 6.07) is 9.13. The van der Waals surface area contributed by atoms with Gasteiger partial charge >= 0.3 is 0 Å². The summed E-state index contributed by atoms with van der Waals surface area (Å²) in [6.45, 7) is 3.52. The molecule has 8 heteroatoms. The van der Waals surface area contributed by atoms with Gasteiger partial charge in [0.05, 0.1) is 23.9 Å². The second kappa shape index (κ2) is 5.63. The largest absolute Gasteiger partial charge is 0.383 e. The molecule has 1 fully saturated rings. The number of nitrogens with one attached hydrogen (secondary N) is 1. The zero-order valence-electron chi connectivity index (χ0n) is 13.2. The van der Waals surface area contributed by atoms with Gasteiger partial charge in [-0.2, -0.15) is 5.16 Å². The fourth-order valence-corrected chi connectivity index (χ4v) is 3.04. The van der Waals surface area contributed by atoms with Crippen LogP contribution in [0.5, 0.6) is 0 Å². The van der Waals surface area contributed by atoms with Crippen molar-refractivity contribution in [3.8, 4) is 0 Å². The van der Waals surface area contributed by atoms with E-state index in [0.717, 1.165) is 11.0 Å². The predicted octanol–water partition coefficient (Wildman–Crippen LogP) is 0.975. The molecule has 1 unspecified atom stereocenters. The smallest absolute Gasteiger partial charge is 0.280 e. The van der Waals surface area contributed by atoms with Crippen molar-refractivity contribution in [1.82, 2.24) is 25.1 Å². The molecule has 0 aliphatic carbocycles. The van der Waals surface area contributed by atoms with Gasteiger partial charge in [0, 0.05) is 19.2 Å². The molecule has 1 N–H and O–H groups in total. The number of aromatic amines is 1.